The molecule has 3 rings (SSSR count). The summed E-state index contributed by atoms with van der Waals surface area (Å²) >= 11 is 0. The third kappa shape index (κ3) is 4.51. The molecule has 0 spiro atoms. The minimum atomic E-state index is -0.338. The van der Waals surface area contributed by atoms with Crippen LogP contribution in [-0.2, 0) is 4.79 Å². The highest BCUT2D eigenvalue weighted by atomic mass is 16.5. The molecule has 138 valence electrons. The Morgan fingerprint density at radius 3 is 2.76 bits per heavy atom. The van der Waals surface area contributed by atoms with E-state index >= 15 is 0 Å². The minimum absolute atomic E-state index is 0.144. The quantitative estimate of drug-likeness (QED) is 0.860. The molecular weight excluding hydrogens is 318 g/mol. The Morgan fingerprint density at radius 2 is 2.04 bits per heavy atom. The normalized spacial score (nSPS) is 25.3. The Kier molecular flexibility index (Phi) is 5.93. The Bertz CT molecular complexity index is 587. The van der Waals surface area contributed by atoms with Crippen molar-refractivity contribution in [2.75, 3.05) is 53.4 Å². The van der Waals surface area contributed by atoms with Crippen molar-refractivity contribution in [3.05, 3.63) is 29.8 Å². The first kappa shape index (κ1) is 18.2. The second kappa shape index (κ2) is 8.17. The van der Waals surface area contributed by atoms with Crippen molar-refractivity contribution in [1.82, 2.24) is 14.7 Å². The second-order valence-corrected chi connectivity index (χ2v) is 7.11. The molecule has 0 aliphatic carbocycles. The number of carbonyl (C=O) groups excluding carboxylic acids is 1. The molecule has 0 aromatic heterocycles. The summed E-state index contributed by atoms with van der Waals surface area (Å²) in [6.07, 6.45) is 0.877. The number of piperazine rings is 1. The molecule has 25 heavy (non-hydrogen) atoms. The maximum atomic E-state index is 12.5. The van der Waals surface area contributed by atoms with E-state index in [4.69, 9.17) is 4.74 Å². The van der Waals surface area contributed by atoms with E-state index in [2.05, 4.69) is 22.9 Å². The van der Waals surface area contributed by atoms with Crippen LogP contribution in [-0.4, -0.2) is 85.2 Å². The SMILES string of the molecule is COc1cccc([C@H]2C[C@H](O)CN2CCC(=O)N2CCN(C)CC2)c1. The van der Waals surface area contributed by atoms with Crippen molar-refractivity contribution in [2.24, 2.45) is 0 Å². The van der Waals surface area contributed by atoms with Gasteiger partial charge in [-0.25, -0.2) is 0 Å². The summed E-state index contributed by atoms with van der Waals surface area (Å²) in [5, 5.41) is 10.1. The summed E-state index contributed by atoms with van der Waals surface area (Å²) < 4.78 is 5.32. The number of β-amino-alcohol motifs (C(OH)–C–C–N with tert-alkyl or cyclic N) is 1. The molecule has 2 aliphatic rings. The molecule has 1 aromatic carbocycles. The van der Waals surface area contributed by atoms with Gasteiger partial charge >= 0.3 is 0 Å². The third-order valence-electron chi connectivity index (χ3n) is 5.33. The van der Waals surface area contributed by atoms with Gasteiger partial charge in [-0.3, -0.25) is 9.69 Å². The van der Waals surface area contributed by atoms with Crippen LogP contribution in [0.3, 0.4) is 0 Å². The highest BCUT2D eigenvalue weighted by Crippen LogP contribution is 2.33. The highest BCUT2D eigenvalue weighted by molar-refractivity contribution is 5.76. The van der Waals surface area contributed by atoms with Crippen molar-refractivity contribution in [3.63, 3.8) is 0 Å². The Balaban J connectivity index is 1.59. The smallest absolute Gasteiger partial charge is 0.223 e. The lowest BCUT2D eigenvalue weighted by molar-refractivity contribution is -0.133. The van der Waals surface area contributed by atoms with Gasteiger partial charge in [-0.1, -0.05) is 12.1 Å². The number of methoxy groups -OCH3 is 1. The predicted octanol–water partition coefficient (Wildman–Crippen LogP) is 0.967. The summed E-state index contributed by atoms with van der Waals surface area (Å²) in [5.41, 5.74) is 1.14. The van der Waals surface area contributed by atoms with E-state index in [1.165, 1.54) is 0 Å². The van der Waals surface area contributed by atoms with E-state index in [0.717, 1.165) is 37.5 Å². The summed E-state index contributed by atoms with van der Waals surface area (Å²) in [6.45, 7) is 4.83. The summed E-state index contributed by atoms with van der Waals surface area (Å²) in [5.74, 6) is 1.05. The molecule has 1 N–H and O–H groups in total. The standard InChI is InChI=1S/C19H29N3O3/c1-20-8-10-21(11-9-20)19(24)6-7-22-14-16(23)13-18(22)15-4-3-5-17(12-15)25-2/h3-5,12,16,18,23H,6-11,13-14H2,1-2H3/t16-,18+/m0/s1. The molecule has 2 atom stereocenters. The first-order valence-electron chi connectivity index (χ1n) is 9.09. The van der Waals surface area contributed by atoms with Gasteiger partial charge in [-0.2, -0.15) is 0 Å². The van der Waals surface area contributed by atoms with Crippen LogP contribution in [0.2, 0.25) is 0 Å². The Morgan fingerprint density at radius 1 is 1.28 bits per heavy atom. The van der Waals surface area contributed by atoms with Crippen LogP contribution in [0.5, 0.6) is 5.75 Å². The Hall–Kier alpha value is -1.63. The highest BCUT2D eigenvalue weighted by Gasteiger charge is 2.32. The first-order valence-corrected chi connectivity index (χ1v) is 9.09. The zero-order valence-electron chi connectivity index (χ0n) is 15.2. The van der Waals surface area contributed by atoms with Gasteiger partial charge in [0.1, 0.15) is 5.75 Å². The maximum absolute atomic E-state index is 12.5. The molecule has 2 fully saturated rings. The number of benzene rings is 1. The molecule has 0 saturated carbocycles. The molecule has 0 bridgehead atoms. The van der Waals surface area contributed by atoms with Crippen LogP contribution in [0.25, 0.3) is 0 Å². The second-order valence-electron chi connectivity index (χ2n) is 7.11. The number of aliphatic hydroxyl groups is 1. The number of nitrogens with zero attached hydrogens (tertiary/aromatic N) is 3. The molecule has 6 nitrogen and oxygen atoms in total. The predicted molar refractivity (Wildman–Crippen MR) is 96.6 cm³/mol. The van der Waals surface area contributed by atoms with E-state index in [-0.39, 0.29) is 18.1 Å². The number of likely N-dealkylation sites (tertiary alicyclic amines) is 1. The van der Waals surface area contributed by atoms with Gasteiger partial charge in [0.15, 0.2) is 0 Å². The first-order chi connectivity index (χ1) is 12.1. The Labute approximate surface area is 150 Å². The van der Waals surface area contributed by atoms with Gasteiger partial charge in [0.05, 0.1) is 13.2 Å². The van der Waals surface area contributed by atoms with E-state index in [1.54, 1.807) is 7.11 Å². The van der Waals surface area contributed by atoms with Gasteiger partial charge < -0.3 is 19.6 Å². The summed E-state index contributed by atoms with van der Waals surface area (Å²) in [4.78, 5) is 18.9. The molecule has 1 aromatic rings. The zero-order chi connectivity index (χ0) is 17.8. The minimum Gasteiger partial charge on any atom is -0.497 e. The number of hydrogen-bond donors (Lipinski definition) is 1. The van der Waals surface area contributed by atoms with E-state index in [0.29, 0.717) is 25.9 Å². The topological polar surface area (TPSA) is 56.3 Å². The fourth-order valence-electron chi connectivity index (χ4n) is 3.78. The van der Waals surface area contributed by atoms with E-state index in [9.17, 15) is 9.90 Å². The molecule has 2 aliphatic heterocycles. The summed E-state index contributed by atoms with van der Waals surface area (Å²) in [6, 6.07) is 8.14. The summed E-state index contributed by atoms with van der Waals surface area (Å²) in [7, 11) is 3.75. The van der Waals surface area contributed by atoms with Crippen molar-refractivity contribution in [2.45, 2.75) is 25.0 Å². The van der Waals surface area contributed by atoms with Crippen molar-refractivity contribution in [3.8, 4) is 5.75 Å². The van der Waals surface area contributed by atoms with Crippen LogP contribution in [0.15, 0.2) is 24.3 Å². The number of rotatable bonds is 5. The molecule has 2 heterocycles. The lowest BCUT2D eigenvalue weighted by Gasteiger charge is -2.33. The lowest BCUT2D eigenvalue weighted by atomic mass is 10.0. The van der Waals surface area contributed by atoms with Crippen molar-refractivity contribution < 1.29 is 14.6 Å². The fourth-order valence-corrected chi connectivity index (χ4v) is 3.78. The molecular formula is C19H29N3O3. The van der Waals surface area contributed by atoms with Crippen LogP contribution >= 0.6 is 0 Å². The van der Waals surface area contributed by atoms with Crippen molar-refractivity contribution >= 4 is 5.91 Å². The molecule has 2 saturated heterocycles. The number of carbonyl (C=O) groups is 1. The van der Waals surface area contributed by atoms with E-state index < -0.39 is 0 Å². The van der Waals surface area contributed by atoms with Gasteiger partial charge in [0.25, 0.3) is 0 Å². The van der Waals surface area contributed by atoms with Crippen molar-refractivity contribution in [1.29, 1.82) is 0 Å². The van der Waals surface area contributed by atoms with Gasteiger partial charge in [-0.15, -0.1) is 0 Å². The van der Waals surface area contributed by atoms with Gasteiger partial charge in [0.2, 0.25) is 5.91 Å². The lowest BCUT2D eigenvalue weighted by Crippen LogP contribution is -2.47. The largest absolute Gasteiger partial charge is 0.497 e. The zero-order valence-corrected chi connectivity index (χ0v) is 15.2. The molecule has 0 radical (unpaired) electrons. The van der Waals surface area contributed by atoms with Crippen LogP contribution in [0, 0.1) is 0 Å². The number of ether oxygens (including phenoxy) is 1. The number of aliphatic hydroxyl groups excluding tert-OH is 1. The average molecular weight is 347 g/mol. The van der Waals surface area contributed by atoms with Crippen LogP contribution in [0.1, 0.15) is 24.4 Å². The van der Waals surface area contributed by atoms with Gasteiger partial charge in [0, 0.05) is 51.7 Å². The van der Waals surface area contributed by atoms with Gasteiger partial charge in [-0.05, 0) is 31.2 Å². The molecule has 0 unspecified atom stereocenters. The van der Waals surface area contributed by atoms with Crippen LogP contribution in [0.4, 0.5) is 0 Å². The molecule has 1 amide bonds. The average Bonchev–Trinajstić information content (AvgIpc) is 3.01. The number of hydrogen-bond acceptors (Lipinski definition) is 5. The number of likely N-dealkylation sites (N-methyl/N-ethyl adjacent to an activating group) is 1. The van der Waals surface area contributed by atoms with Crippen LogP contribution < -0.4 is 4.74 Å². The maximum Gasteiger partial charge on any atom is 0.223 e. The van der Waals surface area contributed by atoms with E-state index in [1.807, 2.05) is 23.1 Å². The monoisotopic (exact) mass is 347 g/mol. The molecule has 6 heteroatoms. The number of amides is 1. The fraction of sp³-hybridized carbons (Fsp3) is 0.632. The third-order valence-corrected chi connectivity index (χ3v) is 5.33.